The van der Waals surface area contributed by atoms with E-state index in [9.17, 15) is 4.79 Å². The van der Waals surface area contributed by atoms with E-state index in [0.717, 1.165) is 16.7 Å². The van der Waals surface area contributed by atoms with Crippen LogP contribution in [0.2, 0.25) is 0 Å². The van der Waals surface area contributed by atoms with Gasteiger partial charge < -0.3 is 5.11 Å². The largest absolute Gasteiger partial charge is 0.481 e. The molecule has 0 bridgehead atoms. The fraction of sp³-hybridized carbons (Fsp3) is 0.500. The molecule has 20 heavy (non-hydrogen) atoms. The van der Waals surface area contributed by atoms with Crippen LogP contribution < -0.4 is 0 Å². The van der Waals surface area contributed by atoms with E-state index in [-0.39, 0.29) is 6.42 Å². The monoisotopic (exact) mass is 312 g/mol. The number of carbonyl (C=O) groups is 1. The Bertz CT molecular complexity index is 580. The topological polar surface area (TPSA) is 80.9 Å². The molecule has 0 atom stereocenters. The molecule has 2 heterocycles. The second-order valence-corrected chi connectivity index (χ2v) is 6.80. The lowest BCUT2D eigenvalue weighted by atomic mass is 10.2. The predicted molar refractivity (Wildman–Crippen MR) is 77.9 cm³/mol. The zero-order valence-electron chi connectivity index (χ0n) is 11.3. The molecule has 0 aromatic carbocycles. The van der Waals surface area contributed by atoms with E-state index >= 15 is 0 Å². The van der Waals surface area contributed by atoms with E-state index in [1.54, 1.807) is 23.5 Å². The molecule has 0 aliphatic rings. The molecule has 0 spiro atoms. The van der Waals surface area contributed by atoms with Gasteiger partial charge in [0, 0.05) is 11.9 Å². The first-order chi connectivity index (χ1) is 9.54. The minimum absolute atomic E-state index is 0.0272. The van der Waals surface area contributed by atoms with Crippen molar-refractivity contribution >= 4 is 29.1 Å². The number of aromatic nitrogens is 4. The van der Waals surface area contributed by atoms with Gasteiger partial charge in [0.05, 0.1) is 17.9 Å². The third-order valence-electron chi connectivity index (χ3n) is 2.42. The molecule has 6 nitrogen and oxygen atoms in total. The van der Waals surface area contributed by atoms with E-state index in [4.69, 9.17) is 5.11 Å². The Morgan fingerprint density at radius 1 is 1.55 bits per heavy atom. The molecule has 0 aliphatic heterocycles. The number of carboxylic acid groups (broad SMARTS) is 1. The van der Waals surface area contributed by atoms with E-state index in [1.807, 2.05) is 4.68 Å². The first-order valence-electron chi connectivity index (χ1n) is 6.20. The first-order valence-corrected chi connectivity index (χ1v) is 8.06. The van der Waals surface area contributed by atoms with Gasteiger partial charge in [0.15, 0.2) is 4.34 Å². The number of nitrogens with zero attached hydrogens (tertiary/aromatic N) is 4. The van der Waals surface area contributed by atoms with E-state index in [2.05, 4.69) is 28.9 Å². The minimum Gasteiger partial charge on any atom is -0.481 e. The van der Waals surface area contributed by atoms with Crippen LogP contribution >= 0.6 is 23.1 Å². The molecule has 2 aromatic rings. The van der Waals surface area contributed by atoms with Gasteiger partial charge in [-0.05, 0) is 5.92 Å². The summed E-state index contributed by atoms with van der Waals surface area (Å²) in [4.78, 5) is 19.1. The highest BCUT2D eigenvalue weighted by molar-refractivity contribution is 8.00. The van der Waals surface area contributed by atoms with Crippen LogP contribution in [0, 0.1) is 5.92 Å². The molecule has 2 aromatic heterocycles. The van der Waals surface area contributed by atoms with Crippen molar-refractivity contribution in [2.24, 2.45) is 5.92 Å². The van der Waals surface area contributed by atoms with Crippen molar-refractivity contribution in [1.29, 1.82) is 0 Å². The number of hydrogen-bond donors (Lipinski definition) is 1. The van der Waals surface area contributed by atoms with Crippen molar-refractivity contribution in [2.75, 3.05) is 0 Å². The molecular formula is C12H16N4O2S2. The zero-order chi connectivity index (χ0) is 14.5. The summed E-state index contributed by atoms with van der Waals surface area (Å²) in [6.45, 7) is 5.12. The molecule has 2 rings (SSSR count). The van der Waals surface area contributed by atoms with E-state index in [1.165, 1.54) is 11.3 Å². The number of carboxylic acids is 1. The van der Waals surface area contributed by atoms with Crippen LogP contribution in [0.1, 0.15) is 25.4 Å². The summed E-state index contributed by atoms with van der Waals surface area (Å²) in [7, 11) is 0. The molecular weight excluding hydrogens is 296 g/mol. The summed E-state index contributed by atoms with van der Waals surface area (Å²) in [5.74, 6) is 1.26. The van der Waals surface area contributed by atoms with Crippen LogP contribution in [-0.4, -0.2) is 30.8 Å². The van der Waals surface area contributed by atoms with Crippen molar-refractivity contribution in [3.05, 3.63) is 23.2 Å². The second-order valence-electron chi connectivity index (χ2n) is 4.72. The predicted octanol–water partition coefficient (Wildman–Crippen LogP) is 2.31. The van der Waals surface area contributed by atoms with Gasteiger partial charge in [-0.1, -0.05) is 25.6 Å². The van der Waals surface area contributed by atoms with Gasteiger partial charge in [0.1, 0.15) is 12.2 Å². The summed E-state index contributed by atoms with van der Waals surface area (Å²) in [5, 5.41) is 14.7. The maximum atomic E-state index is 10.6. The third-order valence-corrected chi connectivity index (χ3v) is 4.49. The number of rotatable bonds is 7. The highest BCUT2D eigenvalue weighted by atomic mass is 32.2. The van der Waals surface area contributed by atoms with Crippen molar-refractivity contribution in [3.8, 4) is 0 Å². The number of thioether (sulfide) groups is 1. The number of thiazole rings is 1. The average molecular weight is 312 g/mol. The molecule has 0 amide bonds. The SMILES string of the molecule is CC(C)Cn1ncnc1CSc1nc(CC(=O)O)cs1. The molecule has 1 N–H and O–H groups in total. The molecule has 0 radical (unpaired) electrons. The average Bonchev–Trinajstić information content (AvgIpc) is 2.95. The fourth-order valence-corrected chi connectivity index (χ4v) is 3.41. The summed E-state index contributed by atoms with van der Waals surface area (Å²) >= 11 is 3.02. The molecule has 0 saturated heterocycles. The molecule has 0 fully saturated rings. The molecule has 0 aliphatic carbocycles. The number of aliphatic carboxylic acids is 1. The van der Waals surface area contributed by atoms with Crippen molar-refractivity contribution < 1.29 is 9.90 Å². The van der Waals surface area contributed by atoms with E-state index < -0.39 is 5.97 Å². The smallest absolute Gasteiger partial charge is 0.309 e. The lowest BCUT2D eigenvalue weighted by Crippen LogP contribution is -2.09. The summed E-state index contributed by atoms with van der Waals surface area (Å²) < 4.78 is 2.77. The molecule has 0 unspecified atom stereocenters. The van der Waals surface area contributed by atoms with Crippen molar-refractivity contribution in [1.82, 2.24) is 19.7 Å². The van der Waals surface area contributed by atoms with Gasteiger partial charge in [-0.3, -0.25) is 4.79 Å². The van der Waals surface area contributed by atoms with Crippen molar-refractivity contribution in [2.45, 2.75) is 36.9 Å². The minimum atomic E-state index is -0.858. The van der Waals surface area contributed by atoms with Gasteiger partial charge >= 0.3 is 5.97 Å². The summed E-state index contributed by atoms with van der Waals surface area (Å²) in [6, 6.07) is 0. The Kier molecular flexibility index (Phi) is 5.13. The van der Waals surface area contributed by atoms with Gasteiger partial charge in [0.25, 0.3) is 0 Å². The standard InChI is InChI=1S/C12H16N4O2S2/c1-8(2)4-16-10(13-7-14-16)6-20-12-15-9(5-19-12)3-11(17)18/h5,7-8H,3-4,6H2,1-2H3,(H,17,18). The maximum absolute atomic E-state index is 10.6. The molecule has 0 saturated carbocycles. The fourth-order valence-electron chi connectivity index (χ4n) is 1.62. The van der Waals surface area contributed by atoms with Gasteiger partial charge in [-0.25, -0.2) is 14.6 Å². The van der Waals surface area contributed by atoms with Crippen LogP contribution in [0.3, 0.4) is 0 Å². The van der Waals surface area contributed by atoms with Crippen LogP contribution in [0.5, 0.6) is 0 Å². The molecule has 108 valence electrons. The normalized spacial score (nSPS) is 11.2. The van der Waals surface area contributed by atoms with Crippen LogP contribution in [-0.2, 0) is 23.5 Å². The zero-order valence-corrected chi connectivity index (χ0v) is 12.9. The summed E-state index contributed by atoms with van der Waals surface area (Å²) in [5.41, 5.74) is 0.605. The van der Waals surface area contributed by atoms with Gasteiger partial charge in [0.2, 0.25) is 0 Å². The van der Waals surface area contributed by atoms with Crippen LogP contribution in [0.25, 0.3) is 0 Å². The third kappa shape index (κ3) is 4.31. The molecule has 8 heteroatoms. The maximum Gasteiger partial charge on any atom is 0.309 e. The van der Waals surface area contributed by atoms with Crippen LogP contribution in [0.4, 0.5) is 0 Å². The highest BCUT2D eigenvalue weighted by Gasteiger charge is 2.10. The first kappa shape index (κ1) is 15.0. The Morgan fingerprint density at radius 2 is 2.35 bits per heavy atom. The lowest BCUT2D eigenvalue weighted by molar-refractivity contribution is -0.136. The number of hydrogen-bond acceptors (Lipinski definition) is 6. The van der Waals surface area contributed by atoms with Gasteiger partial charge in [-0.15, -0.1) is 11.3 Å². The second kappa shape index (κ2) is 6.85. The van der Waals surface area contributed by atoms with Gasteiger partial charge in [-0.2, -0.15) is 5.10 Å². The lowest BCUT2D eigenvalue weighted by Gasteiger charge is -2.07. The Morgan fingerprint density at radius 3 is 3.05 bits per heavy atom. The summed E-state index contributed by atoms with van der Waals surface area (Å²) in [6.07, 6.45) is 1.54. The Labute approximate surface area is 125 Å². The quantitative estimate of drug-likeness (QED) is 0.790. The van der Waals surface area contributed by atoms with Crippen LogP contribution in [0.15, 0.2) is 16.0 Å². The van der Waals surface area contributed by atoms with E-state index in [0.29, 0.717) is 17.4 Å². The Balaban J connectivity index is 1.93. The van der Waals surface area contributed by atoms with Crippen molar-refractivity contribution in [3.63, 3.8) is 0 Å². The highest BCUT2D eigenvalue weighted by Crippen LogP contribution is 2.25. The Hall–Kier alpha value is -1.41.